The Kier molecular flexibility index (Phi) is 3.97. The Morgan fingerprint density at radius 2 is 2.00 bits per heavy atom. The standard InChI is InChI=1S/C14H16N2O3/c1-15-9-2-3-14(15)13(8-10-17)11-4-6-12(7-5-11)16(18)19/h2-7,9,13,17H,8,10H2,1H3/t13-/m1/s1. The number of aliphatic hydroxyl groups excluding tert-OH is 1. The van der Waals surface area contributed by atoms with Crippen LogP contribution in [0.5, 0.6) is 0 Å². The molecule has 1 aromatic heterocycles. The van der Waals surface area contributed by atoms with Crippen LogP contribution in [-0.4, -0.2) is 21.2 Å². The SMILES string of the molecule is Cn1cccc1[C@H](CCO)c1ccc([N+](=O)[O-])cc1. The van der Waals surface area contributed by atoms with Gasteiger partial charge in [-0.2, -0.15) is 0 Å². The smallest absolute Gasteiger partial charge is 0.269 e. The average molecular weight is 260 g/mol. The molecule has 19 heavy (non-hydrogen) atoms. The lowest BCUT2D eigenvalue weighted by atomic mass is 9.92. The number of aliphatic hydroxyl groups is 1. The van der Waals surface area contributed by atoms with E-state index >= 15 is 0 Å². The molecule has 0 radical (unpaired) electrons. The second kappa shape index (κ2) is 5.67. The summed E-state index contributed by atoms with van der Waals surface area (Å²) >= 11 is 0. The topological polar surface area (TPSA) is 68.3 Å². The quantitative estimate of drug-likeness (QED) is 0.663. The van der Waals surface area contributed by atoms with E-state index in [1.807, 2.05) is 29.9 Å². The maximum absolute atomic E-state index is 10.7. The molecule has 1 heterocycles. The summed E-state index contributed by atoms with van der Waals surface area (Å²) in [6.45, 7) is 0.0762. The monoisotopic (exact) mass is 260 g/mol. The van der Waals surface area contributed by atoms with Crippen LogP contribution >= 0.6 is 0 Å². The average Bonchev–Trinajstić information content (AvgIpc) is 2.82. The van der Waals surface area contributed by atoms with Crippen LogP contribution in [-0.2, 0) is 7.05 Å². The molecule has 0 saturated heterocycles. The first-order chi connectivity index (χ1) is 9.13. The Morgan fingerprint density at radius 1 is 1.32 bits per heavy atom. The van der Waals surface area contributed by atoms with Gasteiger partial charge in [-0.1, -0.05) is 12.1 Å². The van der Waals surface area contributed by atoms with Crippen LogP contribution in [0.15, 0.2) is 42.6 Å². The van der Waals surface area contributed by atoms with Crippen molar-refractivity contribution in [2.75, 3.05) is 6.61 Å². The van der Waals surface area contributed by atoms with Gasteiger partial charge in [0.05, 0.1) is 4.92 Å². The van der Waals surface area contributed by atoms with Crippen LogP contribution in [0.1, 0.15) is 23.6 Å². The van der Waals surface area contributed by atoms with Gasteiger partial charge in [0.2, 0.25) is 0 Å². The Hall–Kier alpha value is -2.14. The minimum atomic E-state index is -0.409. The van der Waals surface area contributed by atoms with Crippen molar-refractivity contribution in [2.45, 2.75) is 12.3 Å². The molecule has 1 atom stereocenters. The Bertz CT molecular complexity index is 560. The predicted octanol–water partition coefficient (Wildman–Crippen LogP) is 2.45. The largest absolute Gasteiger partial charge is 0.396 e. The van der Waals surface area contributed by atoms with Crippen molar-refractivity contribution in [3.05, 3.63) is 64.0 Å². The van der Waals surface area contributed by atoms with Crippen molar-refractivity contribution in [1.82, 2.24) is 4.57 Å². The number of rotatable bonds is 5. The molecular weight excluding hydrogens is 244 g/mol. The lowest BCUT2D eigenvalue weighted by Crippen LogP contribution is -2.08. The molecular formula is C14H16N2O3. The van der Waals surface area contributed by atoms with Gasteiger partial charge in [-0.15, -0.1) is 0 Å². The zero-order valence-corrected chi connectivity index (χ0v) is 10.7. The van der Waals surface area contributed by atoms with Crippen LogP contribution in [0.2, 0.25) is 0 Å². The molecule has 0 aliphatic heterocycles. The molecule has 0 amide bonds. The first kappa shape index (κ1) is 13.3. The van der Waals surface area contributed by atoms with Crippen molar-refractivity contribution >= 4 is 5.69 Å². The van der Waals surface area contributed by atoms with E-state index in [0.717, 1.165) is 11.3 Å². The van der Waals surface area contributed by atoms with E-state index in [-0.39, 0.29) is 18.2 Å². The molecule has 0 saturated carbocycles. The van der Waals surface area contributed by atoms with E-state index in [9.17, 15) is 15.2 Å². The van der Waals surface area contributed by atoms with Crippen molar-refractivity contribution in [3.8, 4) is 0 Å². The second-order valence-corrected chi connectivity index (χ2v) is 4.46. The first-order valence-electron chi connectivity index (χ1n) is 6.10. The summed E-state index contributed by atoms with van der Waals surface area (Å²) < 4.78 is 2.00. The molecule has 5 heteroatoms. The summed E-state index contributed by atoms with van der Waals surface area (Å²) in [5, 5.41) is 19.9. The number of aryl methyl sites for hydroxylation is 1. The van der Waals surface area contributed by atoms with E-state index in [0.29, 0.717) is 6.42 Å². The Balaban J connectivity index is 2.34. The predicted molar refractivity (Wildman–Crippen MR) is 72.1 cm³/mol. The van der Waals surface area contributed by atoms with E-state index in [2.05, 4.69) is 0 Å². The molecule has 1 N–H and O–H groups in total. The highest BCUT2D eigenvalue weighted by molar-refractivity contribution is 5.37. The number of nitrogens with zero attached hydrogens (tertiary/aromatic N) is 2. The van der Waals surface area contributed by atoms with Gasteiger partial charge in [0.15, 0.2) is 0 Å². The second-order valence-electron chi connectivity index (χ2n) is 4.46. The van der Waals surface area contributed by atoms with Crippen LogP contribution in [0, 0.1) is 10.1 Å². The third-order valence-electron chi connectivity index (χ3n) is 3.27. The molecule has 2 aromatic rings. The van der Waals surface area contributed by atoms with Crippen molar-refractivity contribution in [3.63, 3.8) is 0 Å². The zero-order chi connectivity index (χ0) is 13.8. The maximum atomic E-state index is 10.7. The van der Waals surface area contributed by atoms with E-state index in [1.165, 1.54) is 12.1 Å². The van der Waals surface area contributed by atoms with Gasteiger partial charge in [-0.25, -0.2) is 0 Å². The number of non-ortho nitro benzene ring substituents is 1. The molecule has 0 aliphatic carbocycles. The lowest BCUT2D eigenvalue weighted by Gasteiger charge is -2.17. The summed E-state index contributed by atoms with van der Waals surface area (Å²) in [7, 11) is 1.95. The fourth-order valence-corrected chi connectivity index (χ4v) is 2.28. The normalized spacial score (nSPS) is 12.3. The summed E-state index contributed by atoms with van der Waals surface area (Å²) in [5.74, 6) is 0.0470. The molecule has 0 aliphatic rings. The van der Waals surface area contributed by atoms with E-state index in [4.69, 9.17) is 0 Å². The fourth-order valence-electron chi connectivity index (χ4n) is 2.28. The fraction of sp³-hybridized carbons (Fsp3) is 0.286. The van der Waals surface area contributed by atoms with Crippen molar-refractivity contribution < 1.29 is 10.0 Å². The lowest BCUT2D eigenvalue weighted by molar-refractivity contribution is -0.384. The van der Waals surface area contributed by atoms with Gasteiger partial charge in [0.1, 0.15) is 0 Å². The van der Waals surface area contributed by atoms with Crippen molar-refractivity contribution in [2.24, 2.45) is 7.05 Å². The summed E-state index contributed by atoms with van der Waals surface area (Å²) in [6, 6.07) is 10.5. The summed E-state index contributed by atoms with van der Waals surface area (Å²) in [5.41, 5.74) is 2.14. The van der Waals surface area contributed by atoms with Crippen molar-refractivity contribution in [1.29, 1.82) is 0 Å². The first-order valence-corrected chi connectivity index (χ1v) is 6.10. The molecule has 2 rings (SSSR count). The van der Waals surface area contributed by atoms with E-state index < -0.39 is 4.92 Å². The van der Waals surface area contributed by atoms with Crippen LogP contribution in [0.25, 0.3) is 0 Å². The van der Waals surface area contributed by atoms with Crippen LogP contribution in [0.3, 0.4) is 0 Å². The van der Waals surface area contributed by atoms with Crippen LogP contribution in [0.4, 0.5) is 5.69 Å². The summed E-state index contributed by atoms with van der Waals surface area (Å²) in [6.07, 6.45) is 2.54. The molecule has 1 aromatic carbocycles. The maximum Gasteiger partial charge on any atom is 0.269 e. The number of hydrogen-bond donors (Lipinski definition) is 1. The molecule has 5 nitrogen and oxygen atoms in total. The van der Waals surface area contributed by atoms with E-state index in [1.54, 1.807) is 12.1 Å². The minimum Gasteiger partial charge on any atom is -0.396 e. The highest BCUT2D eigenvalue weighted by Gasteiger charge is 2.17. The molecule has 0 unspecified atom stereocenters. The van der Waals surface area contributed by atoms with Gasteiger partial charge in [0, 0.05) is 43.6 Å². The number of aromatic nitrogens is 1. The third-order valence-corrected chi connectivity index (χ3v) is 3.27. The van der Waals surface area contributed by atoms with Gasteiger partial charge in [0.25, 0.3) is 5.69 Å². The van der Waals surface area contributed by atoms with Crippen LogP contribution < -0.4 is 0 Å². The molecule has 100 valence electrons. The minimum absolute atomic E-state index is 0.0470. The Morgan fingerprint density at radius 3 is 2.47 bits per heavy atom. The van der Waals surface area contributed by atoms with Gasteiger partial charge >= 0.3 is 0 Å². The van der Waals surface area contributed by atoms with Gasteiger partial charge < -0.3 is 9.67 Å². The van der Waals surface area contributed by atoms with Gasteiger partial charge in [-0.3, -0.25) is 10.1 Å². The van der Waals surface area contributed by atoms with Gasteiger partial charge in [-0.05, 0) is 24.1 Å². The highest BCUT2D eigenvalue weighted by Crippen LogP contribution is 2.29. The Labute approximate surface area is 111 Å². The highest BCUT2D eigenvalue weighted by atomic mass is 16.6. The molecule has 0 spiro atoms. The number of hydrogen-bond acceptors (Lipinski definition) is 3. The summed E-state index contributed by atoms with van der Waals surface area (Å²) in [4.78, 5) is 10.2. The molecule has 0 bridgehead atoms. The number of nitro benzene ring substituents is 1. The number of nitro groups is 1. The molecule has 0 fully saturated rings. The number of benzene rings is 1. The third kappa shape index (κ3) is 2.82. The zero-order valence-electron chi connectivity index (χ0n) is 10.7.